The van der Waals surface area contributed by atoms with Crippen molar-refractivity contribution in [1.82, 2.24) is 10.3 Å². The average molecular weight is 250 g/mol. The molecule has 2 rings (SSSR count). The van der Waals surface area contributed by atoms with E-state index in [9.17, 15) is 0 Å². The Morgan fingerprint density at radius 3 is 2.78 bits per heavy atom. The van der Waals surface area contributed by atoms with E-state index in [-0.39, 0.29) is 0 Å². The molecular formula is C15H26N2O. The van der Waals surface area contributed by atoms with Crippen LogP contribution in [0.3, 0.4) is 0 Å². The Morgan fingerprint density at radius 2 is 2.17 bits per heavy atom. The van der Waals surface area contributed by atoms with Gasteiger partial charge in [-0.1, -0.05) is 27.7 Å². The Bertz CT molecular complexity index is 374. The fraction of sp³-hybridized carbons (Fsp3) is 0.800. The fourth-order valence-electron chi connectivity index (χ4n) is 2.57. The SMILES string of the molecule is CC(Cc1ocnc1CNC1CC1)CC(C)(C)C. The molecule has 102 valence electrons. The summed E-state index contributed by atoms with van der Waals surface area (Å²) in [6.45, 7) is 10.0. The van der Waals surface area contributed by atoms with Crippen LogP contribution in [0.25, 0.3) is 0 Å². The smallest absolute Gasteiger partial charge is 0.181 e. The minimum Gasteiger partial charge on any atom is -0.448 e. The van der Waals surface area contributed by atoms with Gasteiger partial charge in [0.15, 0.2) is 6.39 Å². The molecule has 0 amide bonds. The predicted molar refractivity (Wildman–Crippen MR) is 73.3 cm³/mol. The van der Waals surface area contributed by atoms with Gasteiger partial charge in [0.25, 0.3) is 0 Å². The van der Waals surface area contributed by atoms with E-state index in [0.717, 1.165) is 30.5 Å². The van der Waals surface area contributed by atoms with Gasteiger partial charge in [-0.3, -0.25) is 0 Å². The van der Waals surface area contributed by atoms with Crippen LogP contribution >= 0.6 is 0 Å². The van der Waals surface area contributed by atoms with Crippen molar-refractivity contribution in [2.75, 3.05) is 0 Å². The van der Waals surface area contributed by atoms with Crippen molar-refractivity contribution in [2.24, 2.45) is 11.3 Å². The minimum absolute atomic E-state index is 0.381. The lowest BCUT2D eigenvalue weighted by atomic mass is 9.83. The van der Waals surface area contributed by atoms with E-state index in [0.29, 0.717) is 11.3 Å². The standard InChI is InChI=1S/C15H26N2O/c1-11(8-15(2,3)4)7-14-13(17-10-18-14)9-16-12-5-6-12/h10-12,16H,5-9H2,1-4H3. The lowest BCUT2D eigenvalue weighted by Crippen LogP contribution is -2.18. The second-order valence-corrected chi connectivity index (χ2v) is 6.95. The Morgan fingerprint density at radius 1 is 1.44 bits per heavy atom. The molecule has 3 nitrogen and oxygen atoms in total. The van der Waals surface area contributed by atoms with Crippen LogP contribution in [0.1, 0.15) is 58.4 Å². The molecule has 1 aromatic heterocycles. The molecule has 1 aliphatic carbocycles. The van der Waals surface area contributed by atoms with Crippen LogP contribution in [-0.2, 0) is 13.0 Å². The molecule has 18 heavy (non-hydrogen) atoms. The van der Waals surface area contributed by atoms with Gasteiger partial charge in [0.05, 0.1) is 5.69 Å². The van der Waals surface area contributed by atoms with Gasteiger partial charge in [-0.15, -0.1) is 0 Å². The monoisotopic (exact) mass is 250 g/mol. The number of rotatable bonds is 6. The van der Waals surface area contributed by atoms with Crippen molar-refractivity contribution in [3.63, 3.8) is 0 Å². The normalized spacial score (nSPS) is 18.0. The molecule has 0 saturated heterocycles. The third-order valence-corrected chi connectivity index (χ3v) is 3.36. The number of nitrogens with zero attached hydrogens (tertiary/aromatic N) is 1. The zero-order valence-corrected chi connectivity index (χ0v) is 12.1. The zero-order chi connectivity index (χ0) is 13.2. The molecule has 3 heteroatoms. The van der Waals surface area contributed by atoms with Crippen LogP contribution in [-0.4, -0.2) is 11.0 Å². The van der Waals surface area contributed by atoms with Crippen LogP contribution in [0.15, 0.2) is 10.8 Å². The maximum atomic E-state index is 5.55. The Hall–Kier alpha value is -0.830. The first-order valence-corrected chi connectivity index (χ1v) is 7.08. The lowest BCUT2D eigenvalue weighted by molar-refractivity contribution is 0.295. The highest BCUT2D eigenvalue weighted by atomic mass is 16.3. The summed E-state index contributed by atoms with van der Waals surface area (Å²) in [6, 6.07) is 0.724. The van der Waals surface area contributed by atoms with Gasteiger partial charge in [-0.05, 0) is 30.6 Å². The maximum absolute atomic E-state index is 5.55. The van der Waals surface area contributed by atoms with Gasteiger partial charge in [0.2, 0.25) is 0 Å². The highest BCUT2D eigenvalue weighted by Gasteiger charge is 2.22. The first kappa shape index (κ1) is 13.6. The molecule has 1 N–H and O–H groups in total. The van der Waals surface area contributed by atoms with Gasteiger partial charge < -0.3 is 9.73 Å². The van der Waals surface area contributed by atoms with Gasteiger partial charge in [0.1, 0.15) is 5.76 Å². The van der Waals surface area contributed by atoms with E-state index in [1.165, 1.54) is 19.3 Å². The molecule has 0 aliphatic heterocycles. The summed E-state index contributed by atoms with van der Waals surface area (Å²) in [5.41, 5.74) is 1.48. The second kappa shape index (κ2) is 5.43. The lowest BCUT2D eigenvalue weighted by Gasteiger charge is -2.22. The summed E-state index contributed by atoms with van der Waals surface area (Å²) >= 11 is 0. The quantitative estimate of drug-likeness (QED) is 0.839. The summed E-state index contributed by atoms with van der Waals surface area (Å²) in [7, 11) is 0. The van der Waals surface area contributed by atoms with Crippen LogP contribution in [0.4, 0.5) is 0 Å². The maximum Gasteiger partial charge on any atom is 0.181 e. The Labute approximate surface area is 110 Å². The van der Waals surface area contributed by atoms with Gasteiger partial charge in [-0.25, -0.2) is 4.98 Å². The van der Waals surface area contributed by atoms with E-state index in [1.54, 1.807) is 6.39 Å². The van der Waals surface area contributed by atoms with Crippen molar-refractivity contribution >= 4 is 0 Å². The molecule has 1 heterocycles. The number of hydrogen-bond donors (Lipinski definition) is 1. The van der Waals surface area contributed by atoms with E-state index in [1.807, 2.05) is 0 Å². The summed E-state index contributed by atoms with van der Waals surface area (Å²) in [6.07, 6.45) is 6.42. The van der Waals surface area contributed by atoms with Crippen LogP contribution in [0, 0.1) is 11.3 Å². The number of aromatic nitrogens is 1. The van der Waals surface area contributed by atoms with Gasteiger partial charge in [-0.2, -0.15) is 0 Å². The third-order valence-electron chi connectivity index (χ3n) is 3.36. The molecule has 0 aromatic carbocycles. The Kier molecular flexibility index (Phi) is 4.10. The molecule has 1 atom stereocenters. The van der Waals surface area contributed by atoms with Gasteiger partial charge >= 0.3 is 0 Å². The summed E-state index contributed by atoms with van der Waals surface area (Å²) < 4.78 is 5.55. The summed E-state index contributed by atoms with van der Waals surface area (Å²) in [5.74, 6) is 1.71. The number of oxazole rings is 1. The topological polar surface area (TPSA) is 38.1 Å². The Balaban J connectivity index is 1.85. The van der Waals surface area contributed by atoms with Crippen LogP contribution in [0.5, 0.6) is 0 Å². The summed E-state index contributed by atoms with van der Waals surface area (Å²) in [5, 5.41) is 3.50. The minimum atomic E-state index is 0.381. The van der Waals surface area contributed by atoms with E-state index < -0.39 is 0 Å². The molecule has 0 bridgehead atoms. The predicted octanol–water partition coefficient (Wildman–Crippen LogP) is 3.54. The molecule has 1 unspecified atom stereocenters. The number of nitrogens with one attached hydrogen (secondary N) is 1. The molecular weight excluding hydrogens is 224 g/mol. The van der Waals surface area contributed by atoms with Crippen LogP contribution < -0.4 is 5.32 Å². The first-order chi connectivity index (χ1) is 8.44. The van der Waals surface area contributed by atoms with Crippen molar-refractivity contribution in [2.45, 2.75) is 66.0 Å². The molecule has 1 aliphatic rings. The van der Waals surface area contributed by atoms with Crippen LogP contribution in [0.2, 0.25) is 0 Å². The first-order valence-electron chi connectivity index (χ1n) is 7.08. The highest BCUT2D eigenvalue weighted by molar-refractivity contribution is 5.08. The van der Waals surface area contributed by atoms with Crippen molar-refractivity contribution in [3.8, 4) is 0 Å². The van der Waals surface area contributed by atoms with Crippen molar-refractivity contribution < 1.29 is 4.42 Å². The third kappa shape index (κ3) is 4.45. The van der Waals surface area contributed by atoms with E-state index in [2.05, 4.69) is 38.0 Å². The molecule has 0 spiro atoms. The van der Waals surface area contributed by atoms with Crippen molar-refractivity contribution in [3.05, 3.63) is 17.8 Å². The molecule has 0 radical (unpaired) electrons. The van der Waals surface area contributed by atoms with Gasteiger partial charge in [0, 0.05) is 19.0 Å². The van der Waals surface area contributed by atoms with Crippen molar-refractivity contribution in [1.29, 1.82) is 0 Å². The zero-order valence-electron chi connectivity index (χ0n) is 12.1. The molecule has 1 aromatic rings. The molecule has 1 saturated carbocycles. The van der Waals surface area contributed by atoms with E-state index in [4.69, 9.17) is 4.42 Å². The average Bonchev–Trinajstić information content (AvgIpc) is 2.95. The second-order valence-electron chi connectivity index (χ2n) is 6.95. The summed E-state index contributed by atoms with van der Waals surface area (Å²) in [4.78, 5) is 4.34. The van der Waals surface area contributed by atoms with E-state index >= 15 is 0 Å². The largest absolute Gasteiger partial charge is 0.448 e. The molecule has 1 fully saturated rings. The highest BCUT2D eigenvalue weighted by Crippen LogP contribution is 2.27. The fourth-order valence-corrected chi connectivity index (χ4v) is 2.57. The number of hydrogen-bond acceptors (Lipinski definition) is 3.